The molecule has 1 saturated heterocycles. The van der Waals surface area contributed by atoms with Gasteiger partial charge in [-0.15, -0.1) is 13.2 Å². The molecule has 3 aliphatic rings. The van der Waals surface area contributed by atoms with E-state index >= 15 is 0 Å². The summed E-state index contributed by atoms with van der Waals surface area (Å²) in [4.78, 5) is 16.1. The summed E-state index contributed by atoms with van der Waals surface area (Å²) in [5, 5.41) is 10.2. The van der Waals surface area contributed by atoms with E-state index in [4.69, 9.17) is 0 Å². The lowest BCUT2D eigenvalue weighted by atomic mass is 9.78. The first-order valence-electron chi connectivity index (χ1n) is 13.4. The topological polar surface area (TPSA) is 86.2 Å². The maximum atomic E-state index is 12.5. The number of rotatable bonds is 8. The summed E-state index contributed by atoms with van der Waals surface area (Å²) in [5.41, 5.74) is 4.23. The second-order valence-electron chi connectivity index (χ2n) is 10.0. The molecule has 3 heterocycles. The van der Waals surface area contributed by atoms with Crippen LogP contribution in [-0.4, -0.2) is 61.5 Å². The zero-order valence-corrected chi connectivity index (χ0v) is 22.0. The van der Waals surface area contributed by atoms with E-state index in [1.54, 1.807) is 7.05 Å². The second-order valence-corrected chi connectivity index (χ2v) is 10.0. The molecule has 1 aliphatic carbocycles. The van der Waals surface area contributed by atoms with Gasteiger partial charge in [-0.1, -0.05) is 6.42 Å². The number of ether oxygens (including phenoxy) is 1. The molecule has 1 aromatic carbocycles. The number of halogens is 3. The van der Waals surface area contributed by atoms with Crippen molar-refractivity contribution in [3.05, 3.63) is 59.7 Å². The second kappa shape index (κ2) is 12.2. The lowest BCUT2D eigenvalue weighted by Crippen LogP contribution is -2.43. The van der Waals surface area contributed by atoms with Crippen molar-refractivity contribution in [1.82, 2.24) is 15.2 Å². The zero-order chi connectivity index (χ0) is 27.2. The van der Waals surface area contributed by atoms with Crippen molar-refractivity contribution in [2.24, 2.45) is 15.9 Å². The number of nitrogens with one attached hydrogen (secondary N) is 3. The lowest BCUT2D eigenvalue weighted by Gasteiger charge is -2.33. The molecule has 39 heavy (non-hydrogen) atoms. The first kappa shape index (κ1) is 27.1. The van der Waals surface area contributed by atoms with Crippen molar-refractivity contribution in [2.75, 3.05) is 43.9 Å². The minimum absolute atomic E-state index is 0.0535. The molecular formula is C28H34F3N7O. The van der Waals surface area contributed by atoms with E-state index < -0.39 is 6.36 Å². The summed E-state index contributed by atoms with van der Waals surface area (Å²) < 4.78 is 41.3. The van der Waals surface area contributed by atoms with Gasteiger partial charge < -0.3 is 20.7 Å². The molecule has 0 spiro atoms. The van der Waals surface area contributed by atoms with Crippen LogP contribution < -0.4 is 20.7 Å². The number of aliphatic imine (C=N–C) groups is 2. The Bertz CT molecular complexity index is 1220. The monoisotopic (exact) mass is 541 g/mol. The molecule has 8 nitrogen and oxygen atoms in total. The third-order valence-corrected chi connectivity index (χ3v) is 7.39. The zero-order valence-electron chi connectivity index (χ0n) is 22.0. The van der Waals surface area contributed by atoms with E-state index in [-0.39, 0.29) is 11.7 Å². The van der Waals surface area contributed by atoms with Gasteiger partial charge in [0.1, 0.15) is 17.4 Å². The van der Waals surface area contributed by atoms with Crippen LogP contribution >= 0.6 is 0 Å². The number of nitrogens with zero attached hydrogens (tertiary/aromatic N) is 4. The summed E-state index contributed by atoms with van der Waals surface area (Å²) in [6, 6.07) is 5.58. The Morgan fingerprint density at radius 2 is 1.92 bits per heavy atom. The van der Waals surface area contributed by atoms with Crippen molar-refractivity contribution in [1.29, 1.82) is 0 Å². The first-order chi connectivity index (χ1) is 18.9. The van der Waals surface area contributed by atoms with Gasteiger partial charge in [-0.25, -0.2) is 4.99 Å². The van der Waals surface area contributed by atoms with Crippen LogP contribution in [-0.2, 0) is 6.54 Å². The molecule has 1 saturated carbocycles. The summed E-state index contributed by atoms with van der Waals surface area (Å²) in [6.07, 6.45) is 7.36. The molecule has 2 aliphatic heterocycles. The van der Waals surface area contributed by atoms with E-state index in [9.17, 15) is 13.2 Å². The van der Waals surface area contributed by atoms with Crippen LogP contribution in [0.2, 0.25) is 0 Å². The molecule has 2 fully saturated rings. The van der Waals surface area contributed by atoms with Gasteiger partial charge in [0.05, 0.1) is 11.9 Å². The van der Waals surface area contributed by atoms with Crippen molar-refractivity contribution in [3.8, 4) is 5.75 Å². The fourth-order valence-corrected chi connectivity index (χ4v) is 5.12. The molecule has 1 atom stereocenters. The normalized spacial score (nSPS) is 20.8. The Labute approximate surface area is 226 Å². The van der Waals surface area contributed by atoms with Crippen LogP contribution in [0.15, 0.2) is 58.5 Å². The molecule has 0 bridgehead atoms. The highest BCUT2D eigenvalue weighted by Gasteiger charge is 2.31. The Kier molecular flexibility index (Phi) is 8.47. The van der Waals surface area contributed by atoms with Crippen LogP contribution in [0, 0.1) is 5.92 Å². The van der Waals surface area contributed by atoms with Gasteiger partial charge in [-0.2, -0.15) is 0 Å². The smallest absolute Gasteiger partial charge is 0.406 e. The highest BCUT2D eigenvalue weighted by atomic mass is 19.4. The molecule has 0 radical (unpaired) electrons. The molecule has 1 aromatic heterocycles. The van der Waals surface area contributed by atoms with E-state index in [1.165, 1.54) is 54.7 Å². The predicted octanol–water partition coefficient (Wildman–Crippen LogP) is 5.14. The van der Waals surface area contributed by atoms with Gasteiger partial charge in [-0.05, 0) is 66.6 Å². The van der Waals surface area contributed by atoms with Gasteiger partial charge in [0.15, 0.2) is 0 Å². The number of piperazine rings is 1. The van der Waals surface area contributed by atoms with Gasteiger partial charge in [0.25, 0.3) is 0 Å². The van der Waals surface area contributed by atoms with Crippen molar-refractivity contribution in [2.45, 2.75) is 44.5 Å². The van der Waals surface area contributed by atoms with E-state index in [0.29, 0.717) is 23.8 Å². The molecule has 3 N–H and O–H groups in total. The first-order valence-corrected chi connectivity index (χ1v) is 13.4. The molecule has 11 heteroatoms. The van der Waals surface area contributed by atoms with Crippen LogP contribution in [0.25, 0.3) is 0 Å². The third kappa shape index (κ3) is 7.15. The number of amidine groups is 1. The number of hydrogen-bond acceptors (Lipinski definition) is 7. The standard InChI is InChI=1S/C28H34F3N7O/c1-32-27(20-9-10-35-26(15-20)36-21-5-7-22(8-6-21)39-28(29,30)31)37-25-17-34-16-23(19-3-2-4-19)24(25)18-38-13-11-33-12-14-38/h5-8,10,15-17,19-20,33,36H,2-4,9,11-14,18H2,1H3,(H,32,37). The van der Waals surface area contributed by atoms with Crippen molar-refractivity contribution < 1.29 is 17.9 Å². The fourth-order valence-electron chi connectivity index (χ4n) is 5.12. The summed E-state index contributed by atoms with van der Waals surface area (Å²) in [5.74, 6) is 1.64. The summed E-state index contributed by atoms with van der Waals surface area (Å²) in [6.45, 7) is 4.89. The molecule has 208 valence electrons. The average molecular weight is 542 g/mol. The Hall–Kier alpha value is -3.44. The largest absolute Gasteiger partial charge is 0.573 e. The van der Waals surface area contributed by atoms with E-state index in [0.717, 1.165) is 44.2 Å². The van der Waals surface area contributed by atoms with Crippen molar-refractivity contribution in [3.63, 3.8) is 0 Å². The maximum absolute atomic E-state index is 12.5. The molecule has 1 unspecified atom stereocenters. The Morgan fingerprint density at radius 1 is 1.15 bits per heavy atom. The van der Waals surface area contributed by atoms with E-state index in [2.05, 4.69) is 40.6 Å². The number of anilines is 2. The molecular weight excluding hydrogens is 507 g/mol. The lowest BCUT2D eigenvalue weighted by molar-refractivity contribution is -0.274. The molecule has 2 aromatic rings. The highest BCUT2D eigenvalue weighted by molar-refractivity contribution is 6.00. The summed E-state index contributed by atoms with van der Waals surface area (Å²) in [7, 11) is 1.77. The number of hydrogen-bond donors (Lipinski definition) is 3. The fraction of sp³-hybridized carbons (Fsp3) is 0.464. The van der Waals surface area contributed by atoms with Crippen LogP contribution in [0.1, 0.15) is 42.7 Å². The van der Waals surface area contributed by atoms with Gasteiger partial charge in [0.2, 0.25) is 0 Å². The number of alkyl halides is 3. The Morgan fingerprint density at radius 3 is 2.59 bits per heavy atom. The van der Waals surface area contributed by atoms with E-state index in [1.807, 2.05) is 24.7 Å². The number of benzene rings is 1. The highest BCUT2D eigenvalue weighted by Crippen LogP contribution is 2.40. The summed E-state index contributed by atoms with van der Waals surface area (Å²) >= 11 is 0. The predicted molar refractivity (Wildman–Crippen MR) is 147 cm³/mol. The van der Waals surface area contributed by atoms with Crippen LogP contribution in [0.3, 0.4) is 0 Å². The quantitative estimate of drug-likeness (QED) is 0.317. The Balaban J connectivity index is 1.31. The maximum Gasteiger partial charge on any atom is 0.573 e. The minimum atomic E-state index is -4.72. The van der Waals surface area contributed by atoms with Gasteiger partial charge in [0, 0.05) is 63.8 Å². The van der Waals surface area contributed by atoms with Gasteiger partial charge in [-0.3, -0.25) is 14.9 Å². The number of pyridine rings is 1. The average Bonchev–Trinajstić information content (AvgIpc) is 2.89. The third-order valence-electron chi connectivity index (χ3n) is 7.39. The number of aromatic nitrogens is 1. The van der Waals surface area contributed by atoms with Gasteiger partial charge >= 0.3 is 6.36 Å². The van der Waals surface area contributed by atoms with Crippen LogP contribution in [0.4, 0.5) is 24.5 Å². The van der Waals surface area contributed by atoms with Crippen molar-refractivity contribution >= 4 is 23.4 Å². The molecule has 5 rings (SSSR count). The minimum Gasteiger partial charge on any atom is -0.406 e. The molecule has 0 amide bonds. The SMILES string of the molecule is CN=C(Nc1cncc(C2CCC2)c1CN1CCNCC1)C1C=C(Nc2ccc(OC(F)(F)F)cc2)N=CC1. The van der Waals surface area contributed by atoms with Crippen LogP contribution in [0.5, 0.6) is 5.75 Å².